The molecule has 4 rings (SSSR count). The van der Waals surface area contributed by atoms with Crippen LogP contribution in [0.25, 0.3) is 0 Å². The second-order valence-electron chi connectivity index (χ2n) is 6.94. The molecular weight excluding hydrogens is 338 g/mol. The highest BCUT2D eigenvalue weighted by Gasteiger charge is 2.49. The number of rotatable bonds is 3. The van der Waals surface area contributed by atoms with Gasteiger partial charge < -0.3 is 0 Å². The van der Waals surface area contributed by atoms with E-state index in [1.54, 1.807) is 0 Å². The molecule has 1 aromatic carbocycles. The first-order valence-electron chi connectivity index (χ1n) is 8.71. The zero-order valence-electron chi connectivity index (χ0n) is 14.1. The van der Waals surface area contributed by atoms with Gasteiger partial charge in [-0.2, -0.15) is 5.10 Å². The number of carbonyl (C=O) groups is 2. The van der Waals surface area contributed by atoms with Gasteiger partial charge in [0.15, 0.2) is 5.82 Å². The number of aryl methyl sites for hydroxylation is 1. The van der Waals surface area contributed by atoms with Crippen molar-refractivity contribution in [1.82, 2.24) is 9.78 Å². The van der Waals surface area contributed by atoms with Crippen LogP contribution >= 0.6 is 11.6 Å². The van der Waals surface area contributed by atoms with Gasteiger partial charge in [0.2, 0.25) is 11.8 Å². The zero-order valence-corrected chi connectivity index (χ0v) is 14.9. The van der Waals surface area contributed by atoms with Crippen LogP contribution in [0.2, 0.25) is 5.02 Å². The van der Waals surface area contributed by atoms with E-state index in [9.17, 15) is 9.59 Å². The lowest BCUT2D eigenvalue weighted by atomic mass is 9.81. The van der Waals surface area contributed by atoms with Crippen molar-refractivity contribution in [1.29, 1.82) is 0 Å². The predicted molar refractivity (Wildman–Crippen MR) is 95.5 cm³/mol. The van der Waals surface area contributed by atoms with E-state index in [1.165, 1.54) is 4.90 Å². The van der Waals surface area contributed by atoms with Crippen LogP contribution in [0, 0.1) is 18.8 Å². The number of halogens is 1. The van der Waals surface area contributed by atoms with Crippen LogP contribution in [0.15, 0.2) is 30.3 Å². The molecule has 0 N–H and O–H groups in total. The molecule has 6 heteroatoms. The maximum absolute atomic E-state index is 12.7. The highest BCUT2D eigenvalue weighted by atomic mass is 35.5. The third kappa shape index (κ3) is 2.86. The smallest absolute Gasteiger partial charge is 0.238 e. The molecule has 0 spiro atoms. The Morgan fingerprint density at radius 1 is 1.08 bits per heavy atom. The van der Waals surface area contributed by atoms with Crippen molar-refractivity contribution in [3.8, 4) is 0 Å². The topological polar surface area (TPSA) is 55.2 Å². The molecule has 2 unspecified atom stereocenters. The Kier molecular flexibility index (Phi) is 4.12. The van der Waals surface area contributed by atoms with Crippen molar-refractivity contribution in [2.75, 3.05) is 4.90 Å². The summed E-state index contributed by atoms with van der Waals surface area (Å²) in [4.78, 5) is 26.7. The van der Waals surface area contributed by atoms with Crippen molar-refractivity contribution in [2.45, 2.75) is 39.2 Å². The summed E-state index contributed by atoms with van der Waals surface area (Å²) in [5.74, 6) is -0.00140. The van der Waals surface area contributed by atoms with Crippen molar-refractivity contribution in [3.63, 3.8) is 0 Å². The highest BCUT2D eigenvalue weighted by molar-refractivity contribution is 6.30. The molecule has 2 aliphatic rings. The maximum atomic E-state index is 12.7. The molecule has 2 atom stereocenters. The number of amides is 2. The van der Waals surface area contributed by atoms with Gasteiger partial charge in [-0.1, -0.05) is 36.6 Å². The van der Waals surface area contributed by atoms with Crippen LogP contribution in [0.4, 0.5) is 5.82 Å². The van der Waals surface area contributed by atoms with Crippen LogP contribution in [0.3, 0.4) is 0 Å². The normalized spacial score (nSPS) is 23.2. The molecule has 2 amide bonds. The Labute approximate surface area is 151 Å². The molecule has 0 bridgehead atoms. The van der Waals surface area contributed by atoms with Gasteiger partial charge in [0, 0.05) is 16.8 Å². The minimum absolute atomic E-state index is 0.0779. The minimum atomic E-state index is -0.150. The van der Waals surface area contributed by atoms with E-state index in [0.29, 0.717) is 17.4 Å². The number of nitrogens with zero attached hydrogens (tertiary/aromatic N) is 3. The molecule has 1 aromatic heterocycles. The van der Waals surface area contributed by atoms with Gasteiger partial charge >= 0.3 is 0 Å². The summed E-state index contributed by atoms with van der Waals surface area (Å²) >= 11 is 5.92. The number of hydrogen-bond donors (Lipinski definition) is 0. The van der Waals surface area contributed by atoms with Crippen LogP contribution < -0.4 is 4.90 Å². The summed E-state index contributed by atoms with van der Waals surface area (Å²) in [6, 6.07) is 9.40. The van der Waals surface area contributed by atoms with Gasteiger partial charge in [0.05, 0.1) is 18.4 Å². The Morgan fingerprint density at radius 3 is 2.28 bits per heavy atom. The van der Waals surface area contributed by atoms with Crippen LogP contribution in [0.1, 0.15) is 36.9 Å². The summed E-state index contributed by atoms with van der Waals surface area (Å²) in [5, 5.41) is 5.23. The van der Waals surface area contributed by atoms with Crippen LogP contribution in [0.5, 0.6) is 0 Å². The first kappa shape index (κ1) is 16.3. The van der Waals surface area contributed by atoms with Crippen molar-refractivity contribution in [3.05, 3.63) is 46.6 Å². The van der Waals surface area contributed by atoms with Crippen molar-refractivity contribution >= 4 is 29.2 Å². The van der Waals surface area contributed by atoms with E-state index >= 15 is 0 Å². The summed E-state index contributed by atoms with van der Waals surface area (Å²) in [6.07, 6.45) is 3.68. The lowest BCUT2D eigenvalue weighted by molar-refractivity contribution is -0.122. The third-order valence-corrected chi connectivity index (χ3v) is 5.54. The van der Waals surface area contributed by atoms with E-state index in [4.69, 9.17) is 11.6 Å². The van der Waals surface area contributed by atoms with Gasteiger partial charge in [-0.3, -0.25) is 14.3 Å². The standard InChI is InChI=1S/C19H20ClN3O2/c1-12-10-17(21-22(12)11-13-6-8-14(20)9-7-13)23-18(24)15-4-2-3-5-16(15)19(23)25/h6-10,15-16H,2-5,11H2,1H3. The molecular formula is C19H20ClN3O2. The number of aromatic nitrogens is 2. The fraction of sp³-hybridized carbons (Fsp3) is 0.421. The van der Waals surface area contributed by atoms with Gasteiger partial charge in [0.1, 0.15) is 0 Å². The fourth-order valence-electron chi connectivity index (χ4n) is 3.91. The fourth-order valence-corrected chi connectivity index (χ4v) is 4.04. The SMILES string of the molecule is Cc1cc(N2C(=O)C3CCCCC3C2=O)nn1Cc1ccc(Cl)cc1. The third-order valence-electron chi connectivity index (χ3n) is 5.28. The molecule has 1 saturated heterocycles. The second kappa shape index (κ2) is 6.30. The Morgan fingerprint density at radius 2 is 1.68 bits per heavy atom. The van der Waals surface area contributed by atoms with Crippen molar-refractivity contribution < 1.29 is 9.59 Å². The van der Waals surface area contributed by atoms with Crippen LogP contribution in [-0.4, -0.2) is 21.6 Å². The molecule has 5 nitrogen and oxygen atoms in total. The van der Waals surface area contributed by atoms with E-state index in [0.717, 1.165) is 36.9 Å². The Hall–Kier alpha value is -2.14. The molecule has 2 aromatic rings. The number of hydrogen-bond acceptors (Lipinski definition) is 3. The number of benzene rings is 1. The molecule has 130 valence electrons. The van der Waals surface area contributed by atoms with Gasteiger partial charge in [0.25, 0.3) is 0 Å². The van der Waals surface area contributed by atoms with E-state index in [-0.39, 0.29) is 23.7 Å². The molecule has 0 radical (unpaired) electrons. The molecule has 1 aliphatic heterocycles. The number of carbonyl (C=O) groups excluding carboxylic acids is 2. The van der Waals surface area contributed by atoms with Gasteiger partial charge in [-0.25, -0.2) is 4.90 Å². The summed E-state index contributed by atoms with van der Waals surface area (Å²) in [5.41, 5.74) is 1.98. The minimum Gasteiger partial charge on any atom is -0.274 e. The zero-order chi connectivity index (χ0) is 17.6. The van der Waals surface area contributed by atoms with Gasteiger partial charge in [-0.05, 0) is 37.5 Å². The summed E-state index contributed by atoms with van der Waals surface area (Å²) in [6.45, 7) is 2.51. The first-order valence-corrected chi connectivity index (χ1v) is 9.09. The first-order chi connectivity index (χ1) is 12.0. The number of fused-ring (bicyclic) bond motifs is 1. The van der Waals surface area contributed by atoms with Crippen molar-refractivity contribution in [2.24, 2.45) is 11.8 Å². The second-order valence-corrected chi connectivity index (χ2v) is 7.37. The van der Waals surface area contributed by atoms with E-state index < -0.39 is 0 Å². The largest absolute Gasteiger partial charge is 0.274 e. The van der Waals surface area contributed by atoms with Crippen LogP contribution in [-0.2, 0) is 16.1 Å². The van der Waals surface area contributed by atoms with E-state index in [2.05, 4.69) is 5.10 Å². The molecule has 2 heterocycles. The average molecular weight is 358 g/mol. The monoisotopic (exact) mass is 357 g/mol. The van der Waals surface area contributed by atoms with E-state index in [1.807, 2.05) is 41.9 Å². The lowest BCUT2D eigenvalue weighted by Crippen LogP contribution is -2.31. The summed E-state index contributed by atoms with van der Waals surface area (Å²) < 4.78 is 1.82. The highest BCUT2D eigenvalue weighted by Crippen LogP contribution is 2.39. The molecule has 1 aliphatic carbocycles. The Bertz CT molecular complexity index is 804. The van der Waals surface area contributed by atoms with Gasteiger partial charge in [-0.15, -0.1) is 0 Å². The molecule has 25 heavy (non-hydrogen) atoms. The Balaban J connectivity index is 1.60. The predicted octanol–water partition coefficient (Wildman–Crippen LogP) is 3.57. The number of anilines is 1. The lowest BCUT2D eigenvalue weighted by Gasteiger charge is -2.19. The maximum Gasteiger partial charge on any atom is 0.238 e. The molecule has 2 fully saturated rings. The number of imide groups is 1. The summed E-state index contributed by atoms with van der Waals surface area (Å²) in [7, 11) is 0. The molecule has 1 saturated carbocycles. The quantitative estimate of drug-likeness (QED) is 0.789. The average Bonchev–Trinajstić information content (AvgIpc) is 3.08.